The zero-order valence-corrected chi connectivity index (χ0v) is 10.9. The lowest BCUT2D eigenvalue weighted by molar-refractivity contribution is 0.361. The van der Waals surface area contributed by atoms with Gasteiger partial charge < -0.3 is 10.4 Å². The van der Waals surface area contributed by atoms with Gasteiger partial charge in [-0.15, -0.1) is 0 Å². The predicted octanol–water partition coefficient (Wildman–Crippen LogP) is 0.564. The van der Waals surface area contributed by atoms with Gasteiger partial charge >= 0.3 is 0 Å². The first-order chi connectivity index (χ1) is 8.55. The van der Waals surface area contributed by atoms with Gasteiger partial charge in [0.1, 0.15) is 5.75 Å². The molecule has 1 aliphatic heterocycles. The number of phenolic OH excluding ortho intramolecular Hbond substituents is 1. The Hall–Kier alpha value is -1.11. The first-order valence-corrected chi connectivity index (χ1v) is 7.69. The van der Waals surface area contributed by atoms with E-state index in [0.717, 1.165) is 18.5 Å². The molecule has 1 saturated heterocycles. The second-order valence-corrected chi connectivity index (χ2v) is 6.46. The van der Waals surface area contributed by atoms with E-state index in [1.807, 2.05) is 0 Å². The molecule has 0 spiro atoms. The molecule has 0 amide bonds. The van der Waals surface area contributed by atoms with E-state index in [0.29, 0.717) is 12.5 Å². The van der Waals surface area contributed by atoms with Crippen molar-refractivity contribution >= 4 is 10.0 Å². The quantitative estimate of drug-likeness (QED) is 0.706. The molecule has 0 radical (unpaired) electrons. The van der Waals surface area contributed by atoms with Crippen LogP contribution in [0.5, 0.6) is 5.75 Å². The van der Waals surface area contributed by atoms with Crippen LogP contribution in [0.4, 0.5) is 0 Å². The smallest absolute Gasteiger partial charge is 0.211 e. The number of rotatable bonds is 6. The van der Waals surface area contributed by atoms with E-state index in [9.17, 15) is 13.5 Å². The maximum absolute atomic E-state index is 11.7. The Morgan fingerprint density at radius 2 is 2.22 bits per heavy atom. The molecule has 1 atom stereocenters. The average molecular weight is 270 g/mol. The van der Waals surface area contributed by atoms with Crippen LogP contribution in [0.25, 0.3) is 0 Å². The molecule has 0 saturated carbocycles. The Morgan fingerprint density at radius 1 is 1.44 bits per heavy atom. The van der Waals surface area contributed by atoms with Gasteiger partial charge in [0.2, 0.25) is 10.0 Å². The summed E-state index contributed by atoms with van der Waals surface area (Å²) in [6.45, 7) is 1.20. The highest BCUT2D eigenvalue weighted by atomic mass is 32.2. The number of phenols is 1. The Labute approximate surface area is 107 Å². The van der Waals surface area contributed by atoms with Crippen LogP contribution in [0, 0.1) is 0 Å². The fourth-order valence-corrected chi connectivity index (χ4v) is 2.95. The van der Waals surface area contributed by atoms with Crippen molar-refractivity contribution < 1.29 is 13.5 Å². The lowest BCUT2D eigenvalue weighted by atomic mass is 10.1. The van der Waals surface area contributed by atoms with Crippen molar-refractivity contribution in [3.05, 3.63) is 29.8 Å². The highest BCUT2D eigenvalue weighted by molar-refractivity contribution is 7.89. The molecule has 1 aromatic rings. The van der Waals surface area contributed by atoms with Gasteiger partial charge in [-0.25, -0.2) is 13.1 Å². The summed E-state index contributed by atoms with van der Waals surface area (Å²) in [5.74, 6) is 0.286. The zero-order valence-electron chi connectivity index (χ0n) is 10.1. The topological polar surface area (TPSA) is 78.4 Å². The predicted molar refractivity (Wildman–Crippen MR) is 69.8 cm³/mol. The highest BCUT2D eigenvalue weighted by Gasteiger charge is 2.19. The number of benzene rings is 1. The van der Waals surface area contributed by atoms with Gasteiger partial charge in [-0.2, -0.15) is 0 Å². The summed E-state index contributed by atoms with van der Waals surface area (Å²) >= 11 is 0. The van der Waals surface area contributed by atoms with E-state index in [-0.39, 0.29) is 18.0 Å². The van der Waals surface area contributed by atoms with Gasteiger partial charge in [0.05, 0.1) is 5.75 Å². The van der Waals surface area contributed by atoms with Crippen LogP contribution in [0.3, 0.4) is 0 Å². The molecule has 1 aromatic carbocycles. The van der Waals surface area contributed by atoms with Crippen LogP contribution in [0.15, 0.2) is 24.3 Å². The van der Waals surface area contributed by atoms with Crippen LogP contribution >= 0.6 is 0 Å². The third-order valence-electron chi connectivity index (χ3n) is 3.07. The fourth-order valence-electron chi connectivity index (χ4n) is 1.82. The average Bonchev–Trinajstić information content (AvgIpc) is 2.24. The largest absolute Gasteiger partial charge is 0.508 e. The SMILES string of the molecule is O=S(=O)(CCC1CCN1)NCc1cccc(O)c1. The minimum Gasteiger partial charge on any atom is -0.508 e. The van der Waals surface area contributed by atoms with Crippen molar-refractivity contribution in [1.29, 1.82) is 0 Å². The van der Waals surface area contributed by atoms with Crippen molar-refractivity contribution in [3.8, 4) is 5.75 Å². The maximum Gasteiger partial charge on any atom is 0.211 e. The minimum atomic E-state index is -3.24. The van der Waals surface area contributed by atoms with Crippen molar-refractivity contribution in [2.24, 2.45) is 0 Å². The Balaban J connectivity index is 1.80. The standard InChI is InChI=1S/C12H18N2O3S/c15-12-3-1-2-10(8-12)9-14-18(16,17)7-5-11-4-6-13-11/h1-3,8,11,13-15H,4-7,9H2. The van der Waals surface area contributed by atoms with Gasteiger partial charge in [0.15, 0.2) is 0 Å². The molecule has 1 heterocycles. The molecule has 100 valence electrons. The van der Waals surface area contributed by atoms with Gasteiger partial charge in [-0.1, -0.05) is 12.1 Å². The molecule has 3 N–H and O–H groups in total. The molecule has 1 unspecified atom stereocenters. The van der Waals surface area contributed by atoms with Gasteiger partial charge in [-0.3, -0.25) is 0 Å². The molecule has 6 heteroatoms. The lowest BCUT2D eigenvalue weighted by Gasteiger charge is -2.27. The van der Waals surface area contributed by atoms with Crippen LogP contribution in [0.2, 0.25) is 0 Å². The van der Waals surface area contributed by atoms with E-state index in [1.165, 1.54) is 0 Å². The van der Waals surface area contributed by atoms with E-state index >= 15 is 0 Å². The summed E-state index contributed by atoms with van der Waals surface area (Å²) in [5, 5.41) is 12.4. The first-order valence-electron chi connectivity index (χ1n) is 6.04. The summed E-state index contributed by atoms with van der Waals surface area (Å²) < 4.78 is 26.0. The van der Waals surface area contributed by atoms with Crippen LogP contribution < -0.4 is 10.0 Å². The van der Waals surface area contributed by atoms with Crippen LogP contribution in [-0.4, -0.2) is 31.9 Å². The molecule has 1 aliphatic rings. The van der Waals surface area contributed by atoms with E-state index in [1.54, 1.807) is 24.3 Å². The third kappa shape index (κ3) is 3.97. The number of nitrogens with one attached hydrogen (secondary N) is 2. The molecular weight excluding hydrogens is 252 g/mol. The summed E-state index contributed by atoms with van der Waals surface area (Å²) in [6.07, 6.45) is 1.71. The Morgan fingerprint density at radius 3 is 2.83 bits per heavy atom. The normalized spacial score (nSPS) is 19.4. The van der Waals surface area contributed by atoms with Gasteiger partial charge in [-0.05, 0) is 37.1 Å². The zero-order chi connectivity index (χ0) is 13.0. The number of hydrogen-bond donors (Lipinski definition) is 3. The van der Waals surface area contributed by atoms with Gasteiger partial charge in [0.25, 0.3) is 0 Å². The van der Waals surface area contributed by atoms with Gasteiger partial charge in [0, 0.05) is 12.6 Å². The maximum atomic E-state index is 11.7. The van der Waals surface area contributed by atoms with Crippen molar-refractivity contribution in [3.63, 3.8) is 0 Å². The third-order valence-corrected chi connectivity index (χ3v) is 4.42. The van der Waals surface area contributed by atoms with E-state index < -0.39 is 10.0 Å². The number of aromatic hydroxyl groups is 1. The Bertz CT molecular complexity index is 498. The second kappa shape index (κ2) is 5.69. The second-order valence-electron chi connectivity index (χ2n) is 4.54. The summed E-state index contributed by atoms with van der Waals surface area (Å²) in [7, 11) is -3.24. The van der Waals surface area contributed by atoms with Crippen LogP contribution in [0.1, 0.15) is 18.4 Å². The van der Waals surface area contributed by atoms with E-state index in [4.69, 9.17) is 0 Å². The molecular formula is C12H18N2O3S. The van der Waals surface area contributed by atoms with Crippen molar-refractivity contribution in [1.82, 2.24) is 10.0 Å². The first kappa shape index (κ1) is 13.3. The van der Waals surface area contributed by atoms with Crippen molar-refractivity contribution in [2.45, 2.75) is 25.4 Å². The van der Waals surface area contributed by atoms with E-state index in [2.05, 4.69) is 10.0 Å². The van der Waals surface area contributed by atoms with Crippen LogP contribution in [-0.2, 0) is 16.6 Å². The highest BCUT2D eigenvalue weighted by Crippen LogP contribution is 2.11. The molecule has 5 nitrogen and oxygen atoms in total. The molecule has 18 heavy (non-hydrogen) atoms. The monoisotopic (exact) mass is 270 g/mol. The summed E-state index contributed by atoms with van der Waals surface area (Å²) in [5.41, 5.74) is 0.750. The Kier molecular flexibility index (Phi) is 4.21. The van der Waals surface area contributed by atoms with Crippen molar-refractivity contribution in [2.75, 3.05) is 12.3 Å². The number of hydrogen-bond acceptors (Lipinski definition) is 4. The minimum absolute atomic E-state index is 0.142. The molecule has 2 rings (SSSR count). The number of sulfonamides is 1. The lowest BCUT2D eigenvalue weighted by Crippen LogP contribution is -2.44. The molecule has 0 bridgehead atoms. The molecule has 1 fully saturated rings. The molecule has 0 aliphatic carbocycles. The fraction of sp³-hybridized carbons (Fsp3) is 0.500. The molecule has 0 aromatic heterocycles. The summed E-state index contributed by atoms with van der Waals surface area (Å²) in [4.78, 5) is 0. The summed E-state index contributed by atoms with van der Waals surface area (Å²) in [6, 6.07) is 6.92.